The molecule has 1 aliphatic carbocycles. The number of hydrogen-bond donors (Lipinski definition) is 6. The molecule has 0 saturated heterocycles. The molecule has 2 atom stereocenters. The fourth-order valence-corrected chi connectivity index (χ4v) is 6.01. The van der Waals surface area contributed by atoms with Crippen molar-refractivity contribution in [3.63, 3.8) is 0 Å². The number of amides is 1. The number of anilines is 1. The second-order valence-electron chi connectivity index (χ2n) is 11.0. The van der Waals surface area contributed by atoms with E-state index in [9.17, 15) is 23.9 Å². The van der Waals surface area contributed by atoms with Crippen molar-refractivity contribution in [3.05, 3.63) is 79.3 Å². The fourth-order valence-electron chi connectivity index (χ4n) is 6.01. The number of nitrogens with one attached hydrogen (secondary N) is 1. The molecule has 2 aromatic rings. The van der Waals surface area contributed by atoms with Gasteiger partial charge in [0.1, 0.15) is 12.4 Å². The van der Waals surface area contributed by atoms with Crippen LogP contribution in [0.15, 0.2) is 34.4 Å². The van der Waals surface area contributed by atoms with Crippen LogP contribution in [0.5, 0.6) is 0 Å². The highest BCUT2D eigenvalue weighted by molar-refractivity contribution is 5.87. The Balaban J connectivity index is 0.000000384. The number of allylic oxidation sites excluding steroid dienone is 1. The molecule has 3 aliphatic rings. The molecular weight excluding hydrogens is 607 g/mol. The second-order valence-corrected chi connectivity index (χ2v) is 11.0. The summed E-state index contributed by atoms with van der Waals surface area (Å²) in [5.74, 6) is 4.88. The Morgan fingerprint density at radius 1 is 1.23 bits per heavy atom. The Kier molecular flexibility index (Phi) is 15.1. The SMILES string of the molecule is CC.CC.Cc1c(F)cc2c3c1CCCC3=C1Cn3c(cc(C(C)O)c(COC=O)c3=O)C1N2.NC(=O)CCCN(N)/C=C(\N)CO. The van der Waals surface area contributed by atoms with Gasteiger partial charge in [-0.15, -0.1) is 0 Å². The number of carbonyl (C=O) groups is 2. The lowest BCUT2D eigenvalue weighted by atomic mass is 9.78. The Morgan fingerprint density at radius 3 is 2.51 bits per heavy atom. The molecule has 12 nitrogen and oxygen atoms in total. The molecule has 1 aromatic heterocycles. The smallest absolute Gasteiger partial charge is 0.293 e. The Bertz CT molecular complexity index is 1530. The highest BCUT2D eigenvalue weighted by Gasteiger charge is 2.39. The minimum absolute atomic E-state index is 0.179. The van der Waals surface area contributed by atoms with E-state index in [1.54, 1.807) is 23.6 Å². The summed E-state index contributed by atoms with van der Waals surface area (Å²) in [5.41, 5.74) is 17.7. The summed E-state index contributed by atoms with van der Waals surface area (Å²) in [6.07, 6.45) is 4.09. The van der Waals surface area contributed by atoms with E-state index in [0.717, 1.165) is 47.3 Å². The maximum atomic E-state index is 14.6. The van der Waals surface area contributed by atoms with Crippen LogP contribution in [0.25, 0.3) is 5.57 Å². The number of rotatable bonds is 10. The van der Waals surface area contributed by atoms with Gasteiger partial charge in [0.25, 0.3) is 12.0 Å². The zero-order valence-electron chi connectivity index (χ0n) is 28.4. The average Bonchev–Trinajstić information content (AvgIpc) is 3.43. The minimum atomic E-state index is -0.886. The number of carbonyl (C=O) groups excluding carboxylic acids is 2. The molecule has 0 radical (unpaired) electrons. The monoisotopic (exact) mass is 658 g/mol. The van der Waals surface area contributed by atoms with E-state index < -0.39 is 6.10 Å². The maximum Gasteiger partial charge on any atom is 0.293 e. The normalized spacial score (nSPS) is 15.9. The predicted molar refractivity (Wildman–Crippen MR) is 181 cm³/mol. The van der Waals surface area contributed by atoms with Gasteiger partial charge in [-0.25, -0.2) is 10.2 Å². The third-order valence-corrected chi connectivity index (χ3v) is 8.03. The van der Waals surface area contributed by atoms with Gasteiger partial charge in [-0.1, -0.05) is 27.7 Å². The van der Waals surface area contributed by atoms with Crippen molar-refractivity contribution < 1.29 is 28.9 Å². The quantitative estimate of drug-likeness (QED) is 0.125. The lowest BCUT2D eigenvalue weighted by Crippen LogP contribution is -2.28. The summed E-state index contributed by atoms with van der Waals surface area (Å²) in [7, 11) is 0. The molecule has 9 N–H and O–H groups in total. The van der Waals surface area contributed by atoms with Crippen LogP contribution in [-0.2, 0) is 33.9 Å². The van der Waals surface area contributed by atoms with Crippen molar-refractivity contribution in [2.45, 2.75) is 98.9 Å². The molecule has 0 saturated carbocycles. The zero-order valence-corrected chi connectivity index (χ0v) is 28.4. The van der Waals surface area contributed by atoms with Gasteiger partial charge in [0.15, 0.2) is 0 Å². The number of nitrogens with zero attached hydrogens (tertiary/aromatic N) is 2. The van der Waals surface area contributed by atoms with Gasteiger partial charge in [-0.05, 0) is 79.5 Å². The first-order chi connectivity index (χ1) is 22.5. The van der Waals surface area contributed by atoms with E-state index in [4.69, 9.17) is 27.2 Å². The number of pyridine rings is 1. The molecule has 3 heterocycles. The number of nitrogens with two attached hydrogens (primary N) is 3. The summed E-state index contributed by atoms with van der Waals surface area (Å²) < 4.78 is 21.1. The average molecular weight is 659 g/mol. The van der Waals surface area contributed by atoms with Gasteiger partial charge in [0, 0.05) is 42.7 Å². The first-order valence-corrected chi connectivity index (χ1v) is 16.2. The summed E-state index contributed by atoms with van der Waals surface area (Å²) in [5, 5.41) is 23.6. The molecule has 0 spiro atoms. The number of hydrogen-bond acceptors (Lipinski definition) is 10. The first-order valence-electron chi connectivity index (χ1n) is 16.2. The van der Waals surface area contributed by atoms with Gasteiger partial charge in [0.2, 0.25) is 5.91 Å². The van der Waals surface area contributed by atoms with E-state index in [1.165, 1.54) is 16.8 Å². The Morgan fingerprint density at radius 2 is 1.91 bits per heavy atom. The van der Waals surface area contributed by atoms with Crippen molar-refractivity contribution in [1.29, 1.82) is 0 Å². The number of aliphatic hydroxyl groups excluding tert-OH is 2. The number of fused-ring (bicyclic) bond motifs is 3. The van der Waals surface area contributed by atoms with E-state index in [2.05, 4.69) is 5.32 Å². The molecule has 47 heavy (non-hydrogen) atoms. The van der Waals surface area contributed by atoms with Crippen molar-refractivity contribution in [2.75, 3.05) is 18.5 Å². The van der Waals surface area contributed by atoms with Gasteiger partial charge in [-0.3, -0.25) is 14.4 Å². The number of benzene rings is 1. The van der Waals surface area contributed by atoms with Gasteiger partial charge < -0.3 is 41.3 Å². The van der Waals surface area contributed by atoms with Gasteiger partial charge >= 0.3 is 0 Å². The topological polar surface area (TPSA) is 199 Å². The second kappa shape index (κ2) is 18.2. The van der Waals surface area contributed by atoms with Crippen molar-refractivity contribution in [1.82, 2.24) is 9.58 Å². The van der Waals surface area contributed by atoms with E-state index in [-0.39, 0.29) is 47.8 Å². The highest BCUT2D eigenvalue weighted by Crippen LogP contribution is 2.50. The Hall–Kier alpha value is -4.20. The van der Waals surface area contributed by atoms with Crippen LogP contribution in [0.2, 0.25) is 0 Å². The number of aliphatic hydroxyl groups is 2. The third kappa shape index (κ3) is 8.99. The van der Waals surface area contributed by atoms with E-state index in [0.29, 0.717) is 43.5 Å². The molecule has 5 rings (SSSR count). The zero-order chi connectivity index (χ0) is 35.4. The van der Waals surface area contributed by atoms with Crippen molar-refractivity contribution in [2.24, 2.45) is 17.3 Å². The first kappa shape index (κ1) is 39.0. The molecule has 13 heteroatoms. The largest absolute Gasteiger partial charge is 0.463 e. The molecular formula is C34H51FN6O6. The lowest BCUT2D eigenvalue weighted by molar-refractivity contribution is -0.129. The lowest BCUT2D eigenvalue weighted by Gasteiger charge is -2.33. The molecule has 0 bridgehead atoms. The fraction of sp³-hybridized carbons (Fsp3) is 0.500. The minimum Gasteiger partial charge on any atom is -0.463 e. The van der Waals surface area contributed by atoms with Gasteiger partial charge in [-0.2, -0.15) is 0 Å². The van der Waals surface area contributed by atoms with Crippen LogP contribution in [-0.4, -0.2) is 45.3 Å². The highest BCUT2D eigenvalue weighted by atomic mass is 19.1. The van der Waals surface area contributed by atoms with Crippen molar-refractivity contribution in [3.8, 4) is 0 Å². The van der Waals surface area contributed by atoms with Crippen LogP contribution in [0.3, 0.4) is 0 Å². The van der Waals surface area contributed by atoms with Gasteiger partial charge in [0.05, 0.1) is 30.0 Å². The maximum absolute atomic E-state index is 14.6. The number of hydrazine groups is 1. The molecule has 2 aliphatic heterocycles. The van der Waals surface area contributed by atoms with Crippen LogP contribution < -0.4 is 28.2 Å². The van der Waals surface area contributed by atoms with Crippen LogP contribution in [0.4, 0.5) is 10.1 Å². The molecule has 2 unspecified atom stereocenters. The summed E-state index contributed by atoms with van der Waals surface area (Å²) >= 11 is 0. The van der Waals surface area contributed by atoms with E-state index >= 15 is 0 Å². The Labute approximate surface area is 276 Å². The number of aromatic nitrogens is 1. The number of ether oxygens (including phenoxy) is 1. The molecule has 1 amide bonds. The van der Waals surface area contributed by atoms with E-state index in [1.807, 2.05) is 34.6 Å². The standard InChI is InChI=1S/C23H23FN2O4.C7H16N4O2.2C2H6/c1-11-13-4-3-5-14-16-8-26-20(22(16)25-19(21(13)14)7-18(11)24)6-15(12(2)28)17(23(26)29)9-30-10-27;8-6(5-12)4-11(10)3-1-2-7(9)13;2*1-2/h6-7,10,12,22,25,28H,3-5,8-9H2,1-2H3;4,12H,1-3,5,8,10H2,(H2,9,13);2*1-2H3/b;6-4-;;. The molecule has 1 aromatic carbocycles. The molecule has 260 valence electrons. The van der Waals surface area contributed by atoms with Crippen molar-refractivity contribution >= 4 is 23.6 Å². The molecule has 0 fully saturated rings. The van der Waals surface area contributed by atoms with Crippen LogP contribution >= 0.6 is 0 Å². The van der Waals surface area contributed by atoms with Crippen LogP contribution in [0.1, 0.15) is 106 Å². The van der Waals surface area contributed by atoms with Crippen LogP contribution in [0, 0.1) is 12.7 Å². The predicted octanol–water partition coefficient (Wildman–Crippen LogP) is 3.56. The number of halogens is 1. The summed E-state index contributed by atoms with van der Waals surface area (Å²) in [4.78, 5) is 34.2. The summed E-state index contributed by atoms with van der Waals surface area (Å²) in [6.45, 7) is 12.2. The third-order valence-electron chi connectivity index (χ3n) is 8.03. The summed E-state index contributed by atoms with van der Waals surface area (Å²) in [6, 6.07) is 3.12. The number of primary amides is 1.